The summed E-state index contributed by atoms with van der Waals surface area (Å²) in [5, 5.41) is 0. The second kappa shape index (κ2) is 9.18. The van der Waals surface area contributed by atoms with Crippen LogP contribution in [0.25, 0.3) is 0 Å². The molecule has 2 unspecified atom stereocenters. The molecule has 35 heavy (non-hydrogen) atoms. The van der Waals surface area contributed by atoms with Gasteiger partial charge in [-0.3, -0.25) is 9.59 Å². The van der Waals surface area contributed by atoms with Gasteiger partial charge in [0.15, 0.2) is 23.0 Å². The fourth-order valence-corrected chi connectivity index (χ4v) is 5.25. The lowest BCUT2D eigenvalue weighted by Gasteiger charge is -2.36. The van der Waals surface area contributed by atoms with Crippen molar-refractivity contribution >= 4 is 11.9 Å². The van der Waals surface area contributed by atoms with Crippen LogP contribution in [0, 0.1) is 11.8 Å². The SMILES string of the molecule is COC(=O)C1C(C(=O)OC)[C@@]2(c3cc(OC)c(OC)c(OC)c3)O[C@@H]1c1cc(OC)c(OC)cc12. The van der Waals surface area contributed by atoms with Gasteiger partial charge in [-0.2, -0.15) is 0 Å². The molecule has 2 aliphatic heterocycles. The van der Waals surface area contributed by atoms with Gasteiger partial charge in [-0.1, -0.05) is 0 Å². The highest BCUT2D eigenvalue weighted by Gasteiger charge is 2.69. The van der Waals surface area contributed by atoms with Gasteiger partial charge in [0.1, 0.15) is 17.4 Å². The number of carbonyl (C=O) groups is 2. The Bertz CT molecular complexity index is 1130. The van der Waals surface area contributed by atoms with Crippen molar-refractivity contribution in [2.45, 2.75) is 11.7 Å². The van der Waals surface area contributed by atoms with Crippen LogP contribution < -0.4 is 23.7 Å². The maximum Gasteiger partial charge on any atom is 0.313 e. The topological polar surface area (TPSA) is 108 Å². The number of fused-ring (bicyclic) bond motifs is 5. The summed E-state index contributed by atoms with van der Waals surface area (Å²) in [7, 11) is 10.0. The first-order chi connectivity index (χ1) is 16.9. The van der Waals surface area contributed by atoms with Gasteiger partial charge in [0, 0.05) is 0 Å². The molecule has 0 aliphatic carbocycles. The summed E-state index contributed by atoms with van der Waals surface area (Å²) in [5.74, 6) is -1.29. The van der Waals surface area contributed by atoms with Gasteiger partial charge in [0.2, 0.25) is 5.75 Å². The van der Waals surface area contributed by atoms with Gasteiger partial charge in [0.05, 0.1) is 55.9 Å². The van der Waals surface area contributed by atoms with Gasteiger partial charge in [-0.15, -0.1) is 0 Å². The number of hydrogen-bond acceptors (Lipinski definition) is 10. The molecule has 2 heterocycles. The second-order valence-electron chi connectivity index (χ2n) is 8.03. The van der Waals surface area contributed by atoms with Crippen molar-refractivity contribution in [2.24, 2.45) is 11.8 Å². The standard InChI is InChI=1S/C25H28O10/c1-28-15-10-13-14(11-16(15)29-2)25(12-8-17(30-3)22(32-5)18(9-12)31-4)20(24(27)34-7)19(21(13)35-25)23(26)33-6/h8-11,19-21H,1-7H3/t19?,20?,21-,25+/m1/s1. The quantitative estimate of drug-likeness (QED) is 0.515. The highest BCUT2D eigenvalue weighted by atomic mass is 16.6. The number of carbonyl (C=O) groups excluding carboxylic acids is 2. The van der Waals surface area contributed by atoms with Gasteiger partial charge >= 0.3 is 11.9 Å². The fourth-order valence-electron chi connectivity index (χ4n) is 5.25. The number of methoxy groups -OCH3 is 7. The molecule has 10 nitrogen and oxygen atoms in total. The predicted octanol–water partition coefficient (Wildman–Crippen LogP) is 2.64. The summed E-state index contributed by atoms with van der Waals surface area (Å²) in [5.41, 5.74) is 0.361. The Morgan fingerprint density at radius 2 is 1.26 bits per heavy atom. The minimum Gasteiger partial charge on any atom is -0.493 e. The molecule has 0 aromatic heterocycles. The molecule has 10 heteroatoms. The fraction of sp³-hybridized carbons (Fsp3) is 0.440. The molecular formula is C25H28O10. The normalized spacial score (nSPS) is 23.8. The van der Waals surface area contributed by atoms with E-state index < -0.39 is 35.5 Å². The lowest BCUT2D eigenvalue weighted by atomic mass is 9.65. The first-order valence-corrected chi connectivity index (χ1v) is 10.8. The van der Waals surface area contributed by atoms with E-state index in [2.05, 4.69) is 0 Å². The molecule has 2 aromatic carbocycles. The second-order valence-corrected chi connectivity index (χ2v) is 8.03. The Hall–Kier alpha value is -3.66. The van der Waals surface area contributed by atoms with E-state index >= 15 is 0 Å². The van der Waals surface area contributed by atoms with Crippen LogP contribution in [0.4, 0.5) is 0 Å². The van der Waals surface area contributed by atoms with Gasteiger partial charge in [0.25, 0.3) is 0 Å². The minimum atomic E-state index is -1.45. The van der Waals surface area contributed by atoms with Gasteiger partial charge in [-0.25, -0.2) is 0 Å². The van der Waals surface area contributed by atoms with Crippen molar-refractivity contribution in [1.29, 1.82) is 0 Å². The third kappa shape index (κ3) is 3.35. The third-order valence-corrected chi connectivity index (χ3v) is 6.72. The summed E-state index contributed by atoms with van der Waals surface area (Å²) in [4.78, 5) is 26.3. The zero-order valence-electron chi connectivity index (χ0n) is 20.6. The number of rotatable bonds is 8. The monoisotopic (exact) mass is 488 g/mol. The highest BCUT2D eigenvalue weighted by molar-refractivity contribution is 5.87. The maximum absolute atomic E-state index is 13.3. The summed E-state index contributed by atoms with van der Waals surface area (Å²) in [6.07, 6.45) is -0.805. The lowest BCUT2D eigenvalue weighted by Crippen LogP contribution is -2.45. The Labute approximate surface area is 202 Å². The Morgan fingerprint density at radius 1 is 0.714 bits per heavy atom. The zero-order chi connectivity index (χ0) is 25.5. The Morgan fingerprint density at radius 3 is 1.74 bits per heavy atom. The molecule has 1 fully saturated rings. The van der Waals surface area contributed by atoms with Gasteiger partial charge < -0.3 is 37.9 Å². The Balaban J connectivity index is 2.10. The molecule has 2 bridgehead atoms. The van der Waals surface area contributed by atoms with Crippen LogP contribution >= 0.6 is 0 Å². The van der Waals surface area contributed by atoms with E-state index in [1.807, 2.05) is 0 Å². The summed E-state index contributed by atoms with van der Waals surface area (Å²) in [6.45, 7) is 0. The minimum absolute atomic E-state index is 0.357. The molecule has 4 atom stereocenters. The van der Waals surface area contributed by atoms with Crippen LogP contribution in [0.2, 0.25) is 0 Å². The number of hydrogen-bond donors (Lipinski definition) is 0. The maximum atomic E-state index is 13.3. The van der Waals surface area contributed by atoms with Crippen molar-refractivity contribution in [1.82, 2.24) is 0 Å². The number of esters is 2. The molecule has 1 saturated heterocycles. The smallest absolute Gasteiger partial charge is 0.313 e. The van der Waals surface area contributed by atoms with Crippen LogP contribution in [0.1, 0.15) is 22.8 Å². The van der Waals surface area contributed by atoms with Crippen LogP contribution in [-0.2, 0) is 29.4 Å². The number of benzene rings is 2. The van der Waals surface area contributed by atoms with Crippen molar-refractivity contribution in [3.63, 3.8) is 0 Å². The molecule has 0 amide bonds. The largest absolute Gasteiger partial charge is 0.493 e. The average molecular weight is 488 g/mol. The molecule has 2 aromatic rings. The summed E-state index contributed by atoms with van der Waals surface area (Å²) < 4.78 is 44.4. The molecule has 0 spiro atoms. The first kappa shape index (κ1) is 24.5. The van der Waals surface area contributed by atoms with Crippen molar-refractivity contribution < 1.29 is 47.5 Å². The number of ether oxygens (including phenoxy) is 8. The van der Waals surface area contributed by atoms with Crippen LogP contribution in [0.3, 0.4) is 0 Å². The molecule has 0 saturated carbocycles. The van der Waals surface area contributed by atoms with Crippen molar-refractivity contribution in [3.05, 3.63) is 41.0 Å². The summed E-state index contributed by atoms with van der Waals surface area (Å²) in [6, 6.07) is 6.89. The van der Waals surface area contributed by atoms with E-state index in [0.717, 1.165) is 0 Å². The molecule has 4 rings (SSSR count). The van der Waals surface area contributed by atoms with Crippen LogP contribution in [0.5, 0.6) is 28.7 Å². The predicted molar refractivity (Wildman–Crippen MR) is 121 cm³/mol. The van der Waals surface area contributed by atoms with Crippen molar-refractivity contribution in [3.8, 4) is 28.7 Å². The highest BCUT2D eigenvalue weighted by Crippen LogP contribution is 2.66. The van der Waals surface area contributed by atoms with E-state index in [9.17, 15) is 9.59 Å². The van der Waals surface area contributed by atoms with Crippen LogP contribution in [0.15, 0.2) is 24.3 Å². The average Bonchev–Trinajstić information content (AvgIpc) is 3.42. The Kier molecular flexibility index (Phi) is 6.42. The molecule has 188 valence electrons. The molecular weight excluding hydrogens is 460 g/mol. The van der Waals surface area contributed by atoms with E-state index in [-0.39, 0.29) is 0 Å². The zero-order valence-corrected chi connectivity index (χ0v) is 20.6. The lowest BCUT2D eigenvalue weighted by molar-refractivity contribution is -0.158. The summed E-state index contributed by atoms with van der Waals surface area (Å²) >= 11 is 0. The van der Waals surface area contributed by atoms with Gasteiger partial charge in [-0.05, 0) is 41.0 Å². The van der Waals surface area contributed by atoms with Crippen LogP contribution in [-0.4, -0.2) is 61.7 Å². The molecule has 2 aliphatic rings. The van der Waals surface area contributed by atoms with E-state index in [1.54, 1.807) is 24.3 Å². The first-order valence-electron chi connectivity index (χ1n) is 10.8. The third-order valence-electron chi connectivity index (χ3n) is 6.72. The van der Waals surface area contributed by atoms with E-state index in [4.69, 9.17) is 37.9 Å². The van der Waals surface area contributed by atoms with E-state index in [0.29, 0.717) is 45.4 Å². The molecule has 0 N–H and O–H groups in total. The molecule has 0 radical (unpaired) electrons. The van der Waals surface area contributed by atoms with E-state index in [1.165, 1.54) is 49.8 Å². The van der Waals surface area contributed by atoms with Crippen molar-refractivity contribution in [2.75, 3.05) is 49.8 Å².